The van der Waals surface area contributed by atoms with E-state index >= 15 is 0 Å². The summed E-state index contributed by atoms with van der Waals surface area (Å²) in [7, 11) is -1.86. The Bertz CT molecular complexity index is 1110. The van der Waals surface area contributed by atoms with Gasteiger partial charge in [-0.2, -0.15) is 0 Å². The summed E-state index contributed by atoms with van der Waals surface area (Å²) in [5.74, 6) is 0.564. The van der Waals surface area contributed by atoms with Gasteiger partial charge >= 0.3 is 0 Å². The number of carbonyl (C=O) groups is 1. The molecule has 0 radical (unpaired) electrons. The second kappa shape index (κ2) is 8.79. The molecule has 29 heavy (non-hydrogen) atoms. The smallest absolute Gasteiger partial charge is 0.255 e. The quantitative estimate of drug-likeness (QED) is 0.637. The van der Waals surface area contributed by atoms with Crippen LogP contribution < -0.4 is 14.8 Å². The van der Waals surface area contributed by atoms with Crippen molar-refractivity contribution in [3.05, 3.63) is 83.9 Å². The van der Waals surface area contributed by atoms with Gasteiger partial charge in [0.25, 0.3) is 5.91 Å². The predicted molar refractivity (Wildman–Crippen MR) is 111 cm³/mol. The molecule has 0 unspecified atom stereocenters. The Labute approximate surface area is 170 Å². The highest BCUT2D eigenvalue weighted by atomic mass is 32.2. The van der Waals surface area contributed by atoms with E-state index in [1.165, 1.54) is 19.2 Å². The zero-order valence-electron chi connectivity index (χ0n) is 16.1. The van der Waals surface area contributed by atoms with Crippen molar-refractivity contribution >= 4 is 21.4 Å². The molecule has 0 aromatic heterocycles. The standard InChI is InChI=1S/C22H21NO5S/c1-27-21-13-17(11-12-20(21)28-15-16-7-4-3-5-8-16)22(24)23-18-9-6-10-19(14-18)29(2,25)26/h3-14H,15H2,1-2H3,(H,23,24). The van der Waals surface area contributed by atoms with Gasteiger partial charge in [-0.05, 0) is 42.0 Å². The van der Waals surface area contributed by atoms with Crippen molar-refractivity contribution in [3.63, 3.8) is 0 Å². The molecule has 0 heterocycles. The van der Waals surface area contributed by atoms with E-state index in [4.69, 9.17) is 9.47 Å². The third-order valence-corrected chi connectivity index (χ3v) is 5.29. The molecule has 1 amide bonds. The van der Waals surface area contributed by atoms with Crippen LogP contribution in [0.25, 0.3) is 0 Å². The number of hydrogen-bond acceptors (Lipinski definition) is 5. The summed E-state index contributed by atoms with van der Waals surface area (Å²) in [6.45, 7) is 0.376. The van der Waals surface area contributed by atoms with Gasteiger partial charge < -0.3 is 14.8 Å². The first kappa shape index (κ1) is 20.4. The maximum atomic E-state index is 12.6. The zero-order chi connectivity index (χ0) is 20.9. The minimum absolute atomic E-state index is 0.137. The number of sulfone groups is 1. The summed E-state index contributed by atoms with van der Waals surface area (Å²) in [5, 5.41) is 2.70. The summed E-state index contributed by atoms with van der Waals surface area (Å²) in [4.78, 5) is 12.7. The molecule has 3 aromatic rings. The Morgan fingerprint density at radius 3 is 2.38 bits per heavy atom. The van der Waals surface area contributed by atoms with Gasteiger partial charge in [-0.3, -0.25) is 4.79 Å². The van der Waals surface area contributed by atoms with E-state index in [0.717, 1.165) is 11.8 Å². The molecule has 150 valence electrons. The second-order valence-electron chi connectivity index (χ2n) is 6.39. The minimum Gasteiger partial charge on any atom is -0.493 e. The monoisotopic (exact) mass is 411 g/mol. The fourth-order valence-corrected chi connectivity index (χ4v) is 3.34. The van der Waals surface area contributed by atoms with Crippen LogP contribution in [-0.2, 0) is 16.4 Å². The molecule has 0 aliphatic carbocycles. The van der Waals surface area contributed by atoms with E-state index in [9.17, 15) is 13.2 Å². The molecular weight excluding hydrogens is 390 g/mol. The van der Waals surface area contributed by atoms with Gasteiger partial charge in [0, 0.05) is 17.5 Å². The molecule has 0 saturated carbocycles. The van der Waals surface area contributed by atoms with Gasteiger partial charge in [-0.15, -0.1) is 0 Å². The van der Waals surface area contributed by atoms with Crippen LogP contribution in [-0.4, -0.2) is 27.7 Å². The van der Waals surface area contributed by atoms with Crippen LogP contribution in [0, 0.1) is 0 Å². The maximum absolute atomic E-state index is 12.6. The van der Waals surface area contributed by atoms with Crippen molar-refractivity contribution in [2.75, 3.05) is 18.7 Å². The van der Waals surface area contributed by atoms with Crippen molar-refractivity contribution in [1.29, 1.82) is 0 Å². The third-order valence-electron chi connectivity index (χ3n) is 4.18. The molecular formula is C22H21NO5S. The van der Waals surface area contributed by atoms with E-state index in [0.29, 0.717) is 29.4 Å². The zero-order valence-corrected chi connectivity index (χ0v) is 16.9. The molecule has 7 heteroatoms. The van der Waals surface area contributed by atoms with E-state index in [2.05, 4.69) is 5.32 Å². The van der Waals surface area contributed by atoms with Crippen LogP contribution in [0.15, 0.2) is 77.7 Å². The Hall–Kier alpha value is -3.32. The Morgan fingerprint density at radius 1 is 0.931 bits per heavy atom. The number of carbonyl (C=O) groups excluding carboxylic acids is 1. The van der Waals surface area contributed by atoms with E-state index in [1.807, 2.05) is 30.3 Å². The van der Waals surface area contributed by atoms with E-state index in [-0.39, 0.29) is 10.8 Å². The highest BCUT2D eigenvalue weighted by Crippen LogP contribution is 2.29. The number of benzene rings is 3. The summed E-state index contributed by atoms with van der Waals surface area (Å²) in [6, 6.07) is 20.7. The summed E-state index contributed by atoms with van der Waals surface area (Å²) >= 11 is 0. The lowest BCUT2D eigenvalue weighted by molar-refractivity contribution is 0.102. The van der Waals surface area contributed by atoms with Gasteiger partial charge in [0.05, 0.1) is 12.0 Å². The first-order chi connectivity index (χ1) is 13.9. The maximum Gasteiger partial charge on any atom is 0.255 e. The topological polar surface area (TPSA) is 81.7 Å². The molecule has 0 spiro atoms. The lowest BCUT2D eigenvalue weighted by Gasteiger charge is -2.13. The number of amides is 1. The molecule has 1 N–H and O–H groups in total. The normalized spacial score (nSPS) is 11.0. The lowest BCUT2D eigenvalue weighted by Crippen LogP contribution is -2.12. The first-order valence-electron chi connectivity index (χ1n) is 8.83. The number of nitrogens with one attached hydrogen (secondary N) is 1. The molecule has 3 rings (SSSR count). The largest absolute Gasteiger partial charge is 0.493 e. The van der Waals surface area contributed by atoms with Crippen LogP contribution in [0.5, 0.6) is 11.5 Å². The number of ether oxygens (including phenoxy) is 2. The predicted octanol–water partition coefficient (Wildman–Crippen LogP) is 3.93. The van der Waals surface area contributed by atoms with Gasteiger partial charge in [-0.1, -0.05) is 36.4 Å². The van der Waals surface area contributed by atoms with Gasteiger partial charge in [-0.25, -0.2) is 8.42 Å². The number of anilines is 1. The van der Waals surface area contributed by atoms with Crippen LogP contribution in [0.2, 0.25) is 0 Å². The van der Waals surface area contributed by atoms with E-state index < -0.39 is 9.84 Å². The van der Waals surface area contributed by atoms with Gasteiger partial charge in [0.1, 0.15) is 6.61 Å². The fraction of sp³-hybridized carbons (Fsp3) is 0.136. The Morgan fingerprint density at radius 2 is 1.69 bits per heavy atom. The van der Waals surface area contributed by atoms with Crippen LogP contribution >= 0.6 is 0 Å². The first-order valence-corrected chi connectivity index (χ1v) is 10.7. The van der Waals surface area contributed by atoms with Crippen LogP contribution in [0.1, 0.15) is 15.9 Å². The number of rotatable bonds is 7. The second-order valence-corrected chi connectivity index (χ2v) is 8.41. The number of hydrogen-bond donors (Lipinski definition) is 1. The highest BCUT2D eigenvalue weighted by molar-refractivity contribution is 7.90. The molecule has 0 bridgehead atoms. The van der Waals surface area contributed by atoms with Crippen molar-refractivity contribution in [2.45, 2.75) is 11.5 Å². The summed E-state index contributed by atoms with van der Waals surface area (Å²) < 4.78 is 34.5. The lowest BCUT2D eigenvalue weighted by atomic mass is 10.1. The highest BCUT2D eigenvalue weighted by Gasteiger charge is 2.13. The molecule has 6 nitrogen and oxygen atoms in total. The molecule has 0 aliphatic heterocycles. The molecule has 0 saturated heterocycles. The molecule has 3 aromatic carbocycles. The summed E-state index contributed by atoms with van der Waals surface area (Å²) in [5.41, 5.74) is 1.77. The minimum atomic E-state index is -3.36. The van der Waals surface area contributed by atoms with E-state index in [1.54, 1.807) is 30.3 Å². The van der Waals surface area contributed by atoms with Crippen LogP contribution in [0.4, 0.5) is 5.69 Å². The van der Waals surface area contributed by atoms with Crippen molar-refractivity contribution in [2.24, 2.45) is 0 Å². The Balaban J connectivity index is 1.74. The average Bonchev–Trinajstić information content (AvgIpc) is 2.72. The molecule has 0 aliphatic rings. The fourth-order valence-electron chi connectivity index (χ4n) is 2.67. The third kappa shape index (κ3) is 5.36. The van der Waals surface area contributed by atoms with Crippen molar-refractivity contribution in [3.8, 4) is 11.5 Å². The van der Waals surface area contributed by atoms with Gasteiger partial charge in [0.2, 0.25) is 0 Å². The number of methoxy groups -OCH3 is 1. The van der Waals surface area contributed by atoms with Crippen molar-refractivity contribution < 1.29 is 22.7 Å². The SMILES string of the molecule is COc1cc(C(=O)Nc2cccc(S(C)(=O)=O)c2)ccc1OCc1ccccc1. The van der Waals surface area contributed by atoms with Gasteiger partial charge in [0.15, 0.2) is 21.3 Å². The van der Waals surface area contributed by atoms with Crippen LogP contribution in [0.3, 0.4) is 0 Å². The van der Waals surface area contributed by atoms with Crippen molar-refractivity contribution in [1.82, 2.24) is 0 Å². The molecule has 0 fully saturated rings. The molecule has 0 atom stereocenters. The Kier molecular flexibility index (Phi) is 6.19. The summed E-state index contributed by atoms with van der Waals surface area (Å²) in [6.07, 6.45) is 1.12. The average molecular weight is 411 g/mol.